The molecule has 0 spiro atoms. The Morgan fingerprint density at radius 3 is 2.03 bits per heavy atom. The summed E-state index contributed by atoms with van der Waals surface area (Å²) in [7, 11) is 0.411. The SMILES string of the molecule is CCCCCCCCCCCCCCCCOCC(COP1(=O)OC2CC[N+](C)(C)C(C2)O1)OC(C)=O. The molecule has 0 radical (unpaired) electrons. The number of phosphoric ester groups is 1. The Labute approximate surface area is 226 Å². The lowest BCUT2D eigenvalue weighted by atomic mass is 10.0. The van der Waals surface area contributed by atoms with Gasteiger partial charge in [-0.05, 0) is 6.42 Å². The zero-order valence-electron chi connectivity index (χ0n) is 24.1. The highest BCUT2D eigenvalue weighted by Gasteiger charge is 2.50. The number of piperidine rings is 1. The molecule has 2 aliphatic heterocycles. The van der Waals surface area contributed by atoms with Crippen LogP contribution in [0.4, 0.5) is 0 Å². The van der Waals surface area contributed by atoms with Crippen LogP contribution in [-0.4, -0.2) is 69.3 Å². The molecule has 2 aliphatic rings. The van der Waals surface area contributed by atoms with Crippen molar-refractivity contribution in [3.05, 3.63) is 0 Å². The second kappa shape index (κ2) is 18.0. The third-order valence-corrected chi connectivity index (χ3v) is 9.02. The van der Waals surface area contributed by atoms with Crippen LogP contribution in [0.25, 0.3) is 0 Å². The number of esters is 1. The predicted molar refractivity (Wildman–Crippen MR) is 146 cm³/mol. The van der Waals surface area contributed by atoms with E-state index < -0.39 is 19.9 Å². The molecular formula is C28H55NO7P+. The second-order valence-corrected chi connectivity index (χ2v) is 13.0. The van der Waals surface area contributed by atoms with Gasteiger partial charge >= 0.3 is 13.8 Å². The van der Waals surface area contributed by atoms with Crippen molar-refractivity contribution in [2.75, 3.05) is 40.5 Å². The summed E-state index contributed by atoms with van der Waals surface area (Å²) in [5, 5.41) is 0. The summed E-state index contributed by atoms with van der Waals surface area (Å²) >= 11 is 0. The number of nitrogens with zero attached hydrogens (tertiary/aromatic N) is 1. The van der Waals surface area contributed by atoms with Crippen LogP contribution in [0.15, 0.2) is 0 Å². The molecule has 2 saturated heterocycles. The third-order valence-electron chi connectivity index (χ3n) is 7.50. The van der Waals surface area contributed by atoms with Gasteiger partial charge in [0.05, 0.1) is 46.4 Å². The number of fused-ring (bicyclic) bond motifs is 2. The van der Waals surface area contributed by atoms with Gasteiger partial charge in [0.25, 0.3) is 0 Å². The Morgan fingerprint density at radius 2 is 1.46 bits per heavy atom. The van der Waals surface area contributed by atoms with Gasteiger partial charge in [-0.2, -0.15) is 0 Å². The first kappa shape index (κ1) is 32.7. The highest BCUT2D eigenvalue weighted by Crippen LogP contribution is 2.58. The number of carbonyl (C=O) groups is 1. The monoisotopic (exact) mass is 548 g/mol. The van der Waals surface area contributed by atoms with Crippen molar-refractivity contribution < 1.29 is 36.9 Å². The van der Waals surface area contributed by atoms with Gasteiger partial charge < -0.3 is 14.0 Å². The van der Waals surface area contributed by atoms with E-state index in [-0.39, 0.29) is 25.5 Å². The Bertz CT molecular complexity index is 675. The van der Waals surface area contributed by atoms with Gasteiger partial charge in [-0.15, -0.1) is 0 Å². The van der Waals surface area contributed by atoms with Gasteiger partial charge in [0.1, 0.15) is 6.10 Å². The minimum Gasteiger partial charge on any atom is -0.458 e. The molecule has 0 aliphatic carbocycles. The van der Waals surface area contributed by atoms with Gasteiger partial charge in [-0.3, -0.25) is 13.8 Å². The molecule has 0 N–H and O–H groups in total. The van der Waals surface area contributed by atoms with Crippen LogP contribution in [-0.2, 0) is 32.4 Å². The molecule has 2 bridgehead atoms. The molecule has 0 amide bonds. The van der Waals surface area contributed by atoms with Crippen LogP contribution < -0.4 is 0 Å². The number of quaternary nitrogens is 1. The summed E-state index contributed by atoms with van der Waals surface area (Å²) < 4.78 is 41.8. The number of likely N-dealkylation sites (tertiary alicyclic amines) is 1. The summed E-state index contributed by atoms with van der Waals surface area (Å²) in [5.74, 6) is -0.424. The molecule has 0 aromatic rings. The molecule has 0 saturated carbocycles. The number of carbonyl (C=O) groups excluding carboxylic acids is 1. The molecule has 9 heteroatoms. The first-order chi connectivity index (χ1) is 17.7. The smallest absolute Gasteiger partial charge is 0.458 e. The average molecular weight is 549 g/mol. The first-order valence-electron chi connectivity index (χ1n) is 14.9. The average Bonchev–Trinajstić information content (AvgIpc) is 2.84. The van der Waals surface area contributed by atoms with E-state index in [0.29, 0.717) is 17.5 Å². The maximum Gasteiger partial charge on any atom is 0.479 e. The van der Waals surface area contributed by atoms with Crippen LogP contribution in [0, 0.1) is 0 Å². The normalized spacial score (nSPS) is 25.6. The van der Waals surface area contributed by atoms with Crippen molar-refractivity contribution in [2.45, 2.75) is 135 Å². The van der Waals surface area contributed by atoms with Crippen LogP contribution in [0.5, 0.6) is 0 Å². The van der Waals surface area contributed by atoms with E-state index >= 15 is 0 Å². The highest BCUT2D eigenvalue weighted by atomic mass is 31.2. The van der Waals surface area contributed by atoms with Crippen LogP contribution in [0.1, 0.15) is 117 Å². The van der Waals surface area contributed by atoms with E-state index in [0.717, 1.165) is 25.8 Å². The summed E-state index contributed by atoms with van der Waals surface area (Å²) in [5.41, 5.74) is 0. The van der Waals surface area contributed by atoms with Crippen LogP contribution in [0.2, 0.25) is 0 Å². The molecule has 37 heavy (non-hydrogen) atoms. The fourth-order valence-electron chi connectivity index (χ4n) is 5.07. The van der Waals surface area contributed by atoms with Crippen molar-refractivity contribution in [3.63, 3.8) is 0 Å². The number of phosphoric acid groups is 1. The standard InChI is InChI=1S/C28H55NO7P/c1-5-6-7-8-9-10-11-12-13-14-15-16-17-18-21-32-23-27(34-25(2)30)24-33-37(31)35-26-19-20-29(3,4)28(22-26)36-37/h26-28H,5-24H2,1-4H3/q+1. The molecule has 4 atom stereocenters. The third kappa shape index (κ3) is 13.9. The Hall–Kier alpha value is -0.500. The fraction of sp³-hybridized carbons (Fsp3) is 0.964. The predicted octanol–water partition coefficient (Wildman–Crippen LogP) is 7.15. The molecule has 4 unspecified atom stereocenters. The number of hydrogen-bond acceptors (Lipinski definition) is 7. The zero-order valence-corrected chi connectivity index (χ0v) is 25.0. The highest BCUT2D eigenvalue weighted by molar-refractivity contribution is 7.48. The molecule has 8 nitrogen and oxygen atoms in total. The molecule has 0 aromatic heterocycles. The van der Waals surface area contributed by atoms with E-state index in [1.807, 2.05) is 0 Å². The lowest BCUT2D eigenvalue weighted by molar-refractivity contribution is -0.941. The Morgan fingerprint density at radius 1 is 0.892 bits per heavy atom. The van der Waals surface area contributed by atoms with Gasteiger partial charge in [-0.25, -0.2) is 9.09 Å². The fourth-order valence-corrected chi connectivity index (χ4v) is 6.79. The zero-order chi connectivity index (χ0) is 27.0. The lowest BCUT2D eigenvalue weighted by Crippen LogP contribution is -2.58. The van der Waals surface area contributed by atoms with E-state index in [1.165, 1.54) is 84.0 Å². The van der Waals surface area contributed by atoms with Gasteiger partial charge in [0.2, 0.25) is 6.23 Å². The maximum atomic E-state index is 13.1. The molecule has 0 aromatic carbocycles. The summed E-state index contributed by atoms with van der Waals surface area (Å²) in [6.45, 7) is 5.24. The van der Waals surface area contributed by atoms with Crippen LogP contribution >= 0.6 is 7.82 Å². The molecule has 2 fully saturated rings. The van der Waals surface area contributed by atoms with E-state index in [4.69, 9.17) is 23.0 Å². The minimum absolute atomic E-state index is 0.0809. The van der Waals surface area contributed by atoms with Gasteiger partial charge in [-0.1, -0.05) is 90.4 Å². The second-order valence-electron chi connectivity index (χ2n) is 11.5. The summed E-state index contributed by atoms with van der Waals surface area (Å²) in [6.07, 6.45) is 18.9. The number of unbranched alkanes of at least 4 members (excludes halogenated alkanes) is 13. The molecular weight excluding hydrogens is 493 g/mol. The Kier molecular flexibility index (Phi) is 15.9. The Balaban J connectivity index is 1.51. The van der Waals surface area contributed by atoms with E-state index in [1.54, 1.807) is 0 Å². The first-order valence-corrected chi connectivity index (χ1v) is 16.4. The number of ether oxygens (including phenoxy) is 2. The maximum absolute atomic E-state index is 13.1. The summed E-state index contributed by atoms with van der Waals surface area (Å²) in [4.78, 5) is 11.5. The summed E-state index contributed by atoms with van der Waals surface area (Å²) in [6, 6.07) is 0. The van der Waals surface area contributed by atoms with Gasteiger partial charge in [0.15, 0.2) is 0 Å². The topological polar surface area (TPSA) is 80.3 Å². The molecule has 218 valence electrons. The van der Waals surface area contributed by atoms with Crippen LogP contribution in [0.3, 0.4) is 0 Å². The number of rotatable bonds is 21. The van der Waals surface area contributed by atoms with Gasteiger partial charge in [0, 0.05) is 20.0 Å². The van der Waals surface area contributed by atoms with Crippen molar-refractivity contribution in [1.29, 1.82) is 0 Å². The minimum atomic E-state index is -3.71. The van der Waals surface area contributed by atoms with E-state index in [9.17, 15) is 9.36 Å². The largest absolute Gasteiger partial charge is 0.479 e. The van der Waals surface area contributed by atoms with Crippen molar-refractivity contribution >= 4 is 13.8 Å². The van der Waals surface area contributed by atoms with Crippen molar-refractivity contribution in [2.24, 2.45) is 0 Å². The molecule has 2 heterocycles. The van der Waals surface area contributed by atoms with Crippen molar-refractivity contribution in [1.82, 2.24) is 0 Å². The van der Waals surface area contributed by atoms with E-state index in [2.05, 4.69) is 21.0 Å². The number of hydrogen-bond donors (Lipinski definition) is 0. The molecule has 2 rings (SSSR count). The van der Waals surface area contributed by atoms with Crippen molar-refractivity contribution in [3.8, 4) is 0 Å². The lowest BCUT2D eigenvalue weighted by Gasteiger charge is -2.47. The quantitative estimate of drug-likeness (QED) is 0.0652.